The fourth-order valence-corrected chi connectivity index (χ4v) is 2.35. The Morgan fingerprint density at radius 2 is 1.85 bits per heavy atom. The first-order valence-corrected chi connectivity index (χ1v) is 7.79. The zero-order chi connectivity index (χ0) is 19.4. The van der Waals surface area contributed by atoms with Crippen LogP contribution in [-0.2, 0) is 9.53 Å². The van der Waals surface area contributed by atoms with Crippen molar-refractivity contribution in [1.29, 1.82) is 0 Å². The van der Waals surface area contributed by atoms with Crippen LogP contribution in [0.25, 0.3) is 0 Å². The number of hydrogen-bond acceptors (Lipinski definition) is 6. The molecule has 8 heteroatoms. The lowest BCUT2D eigenvalue weighted by atomic mass is 10.1. The van der Waals surface area contributed by atoms with E-state index in [1.165, 1.54) is 12.1 Å². The van der Waals surface area contributed by atoms with Gasteiger partial charge in [-0.1, -0.05) is 18.2 Å². The van der Waals surface area contributed by atoms with Crippen molar-refractivity contribution in [2.75, 3.05) is 17.7 Å². The molecule has 0 heterocycles. The van der Waals surface area contributed by atoms with E-state index in [-0.39, 0.29) is 22.6 Å². The highest BCUT2D eigenvalue weighted by Crippen LogP contribution is 2.30. The number of rotatable bonds is 5. The van der Waals surface area contributed by atoms with Crippen LogP contribution in [-0.4, -0.2) is 23.4 Å². The Morgan fingerprint density at radius 1 is 1.15 bits per heavy atom. The van der Waals surface area contributed by atoms with Gasteiger partial charge >= 0.3 is 5.97 Å². The van der Waals surface area contributed by atoms with Crippen molar-refractivity contribution in [3.05, 3.63) is 62.7 Å². The summed E-state index contributed by atoms with van der Waals surface area (Å²) in [5.74, 6) is -1.42. The maximum Gasteiger partial charge on any atom is 0.340 e. The Labute approximate surface area is 150 Å². The predicted octanol–water partition coefficient (Wildman–Crippen LogP) is 2.90. The molecule has 26 heavy (non-hydrogen) atoms. The molecule has 0 aliphatic carbocycles. The second-order valence-corrected chi connectivity index (χ2v) is 5.82. The number of nitrogen functional groups attached to an aromatic ring is 1. The monoisotopic (exact) mass is 357 g/mol. The van der Waals surface area contributed by atoms with Gasteiger partial charge in [-0.2, -0.15) is 0 Å². The summed E-state index contributed by atoms with van der Waals surface area (Å²) in [4.78, 5) is 34.7. The second-order valence-electron chi connectivity index (χ2n) is 5.82. The van der Waals surface area contributed by atoms with E-state index in [1.54, 1.807) is 39.0 Å². The molecule has 136 valence electrons. The number of carbonyl (C=O) groups is 2. The van der Waals surface area contributed by atoms with E-state index in [0.717, 1.165) is 11.1 Å². The fourth-order valence-electron chi connectivity index (χ4n) is 2.35. The van der Waals surface area contributed by atoms with E-state index < -0.39 is 23.4 Å². The van der Waals surface area contributed by atoms with Crippen LogP contribution in [0, 0.1) is 30.9 Å². The highest BCUT2D eigenvalue weighted by molar-refractivity contribution is 5.99. The molecule has 0 unspecified atom stereocenters. The molecule has 3 N–H and O–H groups in total. The summed E-state index contributed by atoms with van der Waals surface area (Å²) in [6.07, 6.45) is 0. The number of para-hydroxylation sites is 1. The molecule has 0 atom stereocenters. The second kappa shape index (κ2) is 7.64. The Morgan fingerprint density at radius 3 is 2.50 bits per heavy atom. The zero-order valence-electron chi connectivity index (χ0n) is 14.7. The van der Waals surface area contributed by atoms with E-state index in [9.17, 15) is 19.7 Å². The van der Waals surface area contributed by atoms with Crippen molar-refractivity contribution >= 4 is 28.9 Å². The molecule has 0 fully saturated rings. The number of nitrogens with two attached hydrogens (primary N) is 1. The van der Waals surface area contributed by atoms with E-state index in [1.807, 2.05) is 0 Å². The summed E-state index contributed by atoms with van der Waals surface area (Å²) >= 11 is 0. The van der Waals surface area contributed by atoms with Gasteiger partial charge in [-0.05, 0) is 43.5 Å². The number of anilines is 2. The average molecular weight is 357 g/mol. The van der Waals surface area contributed by atoms with E-state index >= 15 is 0 Å². The minimum Gasteiger partial charge on any atom is -0.452 e. The lowest BCUT2D eigenvalue weighted by molar-refractivity contribution is -0.384. The molecule has 2 rings (SSSR count). The number of esters is 1. The molecule has 1 amide bonds. The molecule has 0 spiro atoms. The Hall–Kier alpha value is -3.42. The first kappa shape index (κ1) is 18.9. The van der Waals surface area contributed by atoms with Crippen molar-refractivity contribution in [1.82, 2.24) is 0 Å². The van der Waals surface area contributed by atoms with Crippen molar-refractivity contribution in [3.8, 4) is 0 Å². The molecular formula is C18H19N3O5. The molecule has 2 aromatic carbocycles. The van der Waals surface area contributed by atoms with Crippen molar-refractivity contribution in [3.63, 3.8) is 0 Å². The number of ether oxygens (including phenoxy) is 1. The largest absolute Gasteiger partial charge is 0.452 e. The minimum absolute atomic E-state index is 0.0890. The normalized spacial score (nSPS) is 10.3. The molecule has 0 aromatic heterocycles. The topological polar surface area (TPSA) is 125 Å². The van der Waals surface area contributed by atoms with Crippen LogP contribution in [0.5, 0.6) is 0 Å². The summed E-state index contributed by atoms with van der Waals surface area (Å²) < 4.78 is 4.97. The molecule has 0 aliphatic heterocycles. The number of nitrogens with zero attached hydrogens (tertiary/aromatic N) is 1. The SMILES string of the molecule is Cc1ccc([N+](=O)[O-])c(NC(=O)COC(=O)c2cccc(C)c2N)c1C. The van der Waals surface area contributed by atoms with Gasteiger partial charge in [0.2, 0.25) is 0 Å². The standard InChI is InChI=1S/C18H19N3O5/c1-10-7-8-14(21(24)25)17(12(10)3)20-15(22)9-26-18(23)13-6-4-5-11(2)16(13)19/h4-8H,9,19H2,1-3H3,(H,20,22). The first-order valence-electron chi connectivity index (χ1n) is 7.79. The number of nitrogens with one attached hydrogen (secondary N) is 1. The van der Waals surface area contributed by atoms with Crippen LogP contribution < -0.4 is 11.1 Å². The van der Waals surface area contributed by atoms with Gasteiger partial charge in [0.25, 0.3) is 11.6 Å². The smallest absolute Gasteiger partial charge is 0.340 e. The van der Waals surface area contributed by atoms with E-state index in [4.69, 9.17) is 10.5 Å². The van der Waals surface area contributed by atoms with Crippen molar-refractivity contribution in [2.45, 2.75) is 20.8 Å². The number of aryl methyl sites for hydroxylation is 2. The van der Waals surface area contributed by atoms with Gasteiger partial charge in [0, 0.05) is 11.8 Å². The van der Waals surface area contributed by atoms with Gasteiger partial charge in [0.15, 0.2) is 6.61 Å². The van der Waals surface area contributed by atoms with E-state index in [2.05, 4.69) is 5.32 Å². The summed E-state index contributed by atoms with van der Waals surface area (Å²) in [6, 6.07) is 7.82. The highest BCUT2D eigenvalue weighted by Gasteiger charge is 2.20. The molecule has 8 nitrogen and oxygen atoms in total. The summed E-state index contributed by atoms with van der Waals surface area (Å²) in [6.45, 7) is 4.60. The number of benzene rings is 2. The van der Waals surface area contributed by atoms with Crippen LogP contribution in [0.4, 0.5) is 17.1 Å². The molecule has 0 saturated heterocycles. The predicted molar refractivity (Wildman–Crippen MR) is 97.1 cm³/mol. The van der Waals surface area contributed by atoms with Gasteiger partial charge in [-0.25, -0.2) is 4.79 Å². The van der Waals surface area contributed by atoms with Gasteiger partial charge in [-0.3, -0.25) is 14.9 Å². The molecular weight excluding hydrogens is 338 g/mol. The third-order valence-electron chi connectivity index (χ3n) is 4.05. The number of nitro benzene ring substituents is 1. The van der Waals surface area contributed by atoms with Gasteiger partial charge in [0.1, 0.15) is 5.69 Å². The number of carbonyl (C=O) groups excluding carboxylic acids is 2. The van der Waals surface area contributed by atoms with Crippen LogP contribution >= 0.6 is 0 Å². The first-order chi connectivity index (χ1) is 12.2. The minimum atomic E-state index is -0.739. The number of hydrogen-bond donors (Lipinski definition) is 2. The Bertz CT molecular complexity index is 893. The maximum absolute atomic E-state index is 12.1. The molecule has 2 aromatic rings. The van der Waals surface area contributed by atoms with Crippen molar-refractivity contribution in [2.24, 2.45) is 0 Å². The molecule has 0 saturated carbocycles. The summed E-state index contributed by atoms with van der Waals surface area (Å²) in [5, 5.41) is 13.6. The number of nitro groups is 1. The lowest BCUT2D eigenvalue weighted by Crippen LogP contribution is -2.22. The van der Waals surface area contributed by atoms with Crippen molar-refractivity contribution < 1.29 is 19.2 Å². The number of amides is 1. The average Bonchev–Trinajstić information content (AvgIpc) is 2.59. The van der Waals surface area contributed by atoms with Crippen LogP contribution in [0.3, 0.4) is 0 Å². The molecule has 0 aliphatic rings. The Balaban J connectivity index is 2.10. The van der Waals surface area contributed by atoms with Gasteiger partial charge in [-0.15, -0.1) is 0 Å². The third-order valence-corrected chi connectivity index (χ3v) is 4.05. The molecule has 0 radical (unpaired) electrons. The third kappa shape index (κ3) is 3.97. The molecule has 0 bridgehead atoms. The van der Waals surface area contributed by atoms with Crippen LogP contribution in [0.1, 0.15) is 27.0 Å². The fraction of sp³-hybridized carbons (Fsp3) is 0.222. The maximum atomic E-state index is 12.1. The summed E-state index contributed by atoms with van der Waals surface area (Å²) in [5.41, 5.74) is 8.21. The van der Waals surface area contributed by atoms with Gasteiger partial charge in [0.05, 0.1) is 10.5 Å². The van der Waals surface area contributed by atoms with Crippen LogP contribution in [0.15, 0.2) is 30.3 Å². The van der Waals surface area contributed by atoms with Crippen LogP contribution in [0.2, 0.25) is 0 Å². The highest BCUT2D eigenvalue weighted by atomic mass is 16.6. The van der Waals surface area contributed by atoms with E-state index in [0.29, 0.717) is 5.56 Å². The quantitative estimate of drug-likeness (QED) is 0.367. The Kier molecular flexibility index (Phi) is 5.56. The zero-order valence-corrected chi connectivity index (χ0v) is 14.7. The summed E-state index contributed by atoms with van der Waals surface area (Å²) in [7, 11) is 0. The lowest BCUT2D eigenvalue weighted by Gasteiger charge is -2.12. The van der Waals surface area contributed by atoms with Gasteiger partial charge < -0.3 is 15.8 Å².